The third-order valence-corrected chi connectivity index (χ3v) is 2.29. The number of rotatable bonds is 8. The Hall–Kier alpha value is 0.0500. The number of hydrogen-bond donors (Lipinski definition) is 5. The van der Waals surface area contributed by atoms with Gasteiger partial charge in [-0.05, 0) is 0 Å². The number of β-amino-alcohol motifs (C(OH)–C–C–N with tert-alkyl or cyclic N) is 2. The molecule has 0 radical (unpaired) electrons. The second kappa shape index (κ2) is 9.29. The maximum atomic E-state index is 9.08. The molecule has 0 fully saturated rings. The molecular formula is C8H20ClNO5. The molecule has 0 aliphatic carbocycles. The third-order valence-electron chi connectivity index (χ3n) is 2.29. The van der Waals surface area contributed by atoms with Crippen molar-refractivity contribution in [1.82, 2.24) is 4.90 Å². The minimum absolute atomic E-state index is 0. The van der Waals surface area contributed by atoms with Gasteiger partial charge in [0.05, 0.1) is 38.6 Å². The summed E-state index contributed by atoms with van der Waals surface area (Å²) in [6.07, 6.45) is 0. The van der Waals surface area contributed by atoms with Gasteiger partial charge in [0.1, 0.15) is 0 Å². The zero-order chi connectivity index (χ0) is 11.0. The molecule has 7 heteroatoms. The van der Waals surface area contributed by atoms with Crippen LogP contribution in [0.15, 0.2) is 0 Å². The van der Waals surface area contributed by atoms with Crippen molar-refractivity contribution in [2.45, 2.75) is 5.54 Å². The number of aliphatic hydroxyl groups is 5. The molecule has 0 saturated heterocycles. The average Bonchev–Trinajstić information content (AvgIpc) is 2.22. The van der Waals surface area contributed by atoms with E-state index in [1.54, 1.807) is 0 Å². The summed E-state index contributed by atoms with van der Waals surface area (Å²) in [7, 11) is 0. The van der Waals surface area contributed by atoms with Crippen molar-refractivity contribution in [2.24, 2.45) is 0 Å². The highest BCUT2D eigenvalue weighted by molar-refractivity contribution is 5.85. The second-order valence-electron chi connectivity index (χ2n) is 3.13. The zero-order valence-electron chi connectivity index (χ0n) is 8.54. The molecule has 0 saturated carbocycles. The van der Waals surface area contributed by atoms with Crippen LogP contribution >= 0.6 is 12.4 Å². The fourth-order valence-corrected chi connectivity index (χ4v) is 1.28. The fraction of sp³-hybridized carbons (Fsp3) is 1.00. The lowest BCUT2D eigenvalue weighted by Gasteiger charge is -2.39. The number of halogens is 1. The first-order valence-electron chi connectivity index (χ1n) is 4.50. The predicted molar refractivity (Wildman–Crippen MR) is 57.0 cm³/mol. The van der Waals surface area contributed by atoms with Crippen LogP contribution in [0.5, 0.6) is 0 Å². The van der Waals surface area contributed by atoms with Gasteiger partial charge in [-0.25, -0.2) is 0 Å². The minimum Gasteiger partial charge on any atom is -0.395 e. The van der Waals surface area contributed by atoms with Gasteiger partial charge in [0.2, 0.25) is 0 Å². The Morgan fingerprint density at radius 2 is 1.07 bits per heavy atom. The Morgan fingerprint density at radius 3 is 1.27 bits per heavy atom. The molecule has 0 atom stereocenters. The van der Waals surface area contributed by atoms with E-state index in [4.69, 9.17) is 25.5 Å². The summed E-state index contributed by atoms with van der Waals surface area (Å²) < 4.78 is 0. The molecule has 94 valence electrons. The zero-order valence-corrected chi connectivity index (χ0v) is 9.36. The Balaban J connectivity index is 0. The Morgan fingerprint density at radius 1 is 0.733 bits per heavy atom. The van der Waals surface area contributed by atoms with Gasteiger partial charge in [0, 0.05) is 13.1 Å². The highest BCUT2D eigenvalue weighted by atomic mass is 35.5. The van der Waals surface area contributed by atoms with E-state index < -0.39 is 25.4 Å². The van der Waals surface area contributed by atoms with Crippen LogP contribution in [0.1, 0.15) is 0 Å². The highest BCUT2D eigenvalue weighted by Gasteiger charge is 2.34. The van der Waals surface area contributed by atoms with Crippen LogP contribution in [-0.2, 0) is 0 Å². The minimum atomic E-state index is -1.18. The molecule has 0 heterocycles. The van der Waals surface area contributed by atoms with Gasteiger partial charge in [0.25, 0.3) is 0 Å². The van der Waals surface area contributed by atoms with Gasteiger partial charge in [-0.3, -0.25) is 4.90 Å². The molecule has 0 aliphatic rings. The van der Waals surface area contributed by atoms with Gasteiger partial charge in [-0.1, -0.05) is 0 Å². The van der Waals surface area contributed by atoms with E-state index in [0.29, 0.717) is 0 Å². The van der Waals surface area contributed by atoms with Crippen LogP contribution in [0.2, 0.25) is 0 Å². The van der Waals surface area contributed by atoms with Gasteiger partial charge >= 0.3 is 0 Å². The SMILES string of the molecule is Cl.OCCN(CCO)C(CO)(CO)CO. The van der Waals surface area contributed by atoms with Gasteiger partial charge in [0.15, 0.2) is 0 Å². The van der Waals surface area contributed by atoms with Crippen LogP contribution in [0.25, 0.3) is 0 Å². The molecule has 0 aliphatic heterocycles. The molecule has 0 spiro atoms. The predicted octanol–water partition coefficient (Wildman–Crippen LogP) is -2.59. The first-order valence-corrected chi connectivity index (χ1v) is 4.50. The molecule has 0 aromatic heterocycles. The van der Waals surface area contributed by atoms with Crippen molar-refractivity contribution in [1.29, 1.82) is 0 Å². The van der Waals surface area contributed by atoms with Crippen LogP contribution in [-0.4, -0.2) is 82.1 Å². The lowest BCUT2D eigenvalue weighted by molar-refractivity contribution is -0.0578. The topological polar surface area (TPSA) is 104 Å². The standard InChI is InChI=1S/C8H19NO5.ClH/c10-3-1-9(2-4-11)8(5-12,6-13)7-14;/h10-14H,1-7H2;1H. The van der Waals surface area contributed by atoms with Crippen LogP contribution in [0.4, 0.5) is 0 Å². The largest absolute Gasteiger partial charge is 0.395 e. The summed E-state index contributed by atoms with van der Waals surface area (Å²) in [5, 5.41) is 44.7. The maximum absolute atomic E-state index is 9.08. The molecule has 0 bridgehead atoms. The van der Waals surface area contributed by atoms with Crippen LogP contribution < -0.4 is 0 Å². The van der Waals surface area contributed by atoms with Gasteiger partial charge in [-0.15, -0.1) is 12.4 Å². The monoisotopic (exact) mass is 245 g/mol. The van der Waals surface area contributed by atoms with E-state index in [9.17, 15) is 0 Å². The number of aliphatic hydroxyl groups excluding tert-OH is 5. The molecular weight excluding hydrogens is 226 g/mol. The molecule has 0 unspecified atom stereocenters. The van der Waals surface area contributed by atoms with E-state index in [0.717, 1.165) is 0 Å². The van der Waals surface area contributed by atoms with Crippen molar-refractivity contribution in [2.75, 3.05) is 46.1 Å². The fourth-order valence-electron chi connectivity index (χ4n) is 1.28. The summed E-state index contributed by atoms with van der Waals surface area (Å²) >= 11 is 0. The lowest BCUT2D eigenvalue weighted by Crippen LogP contribution is -2.58. The normalized spacial score (nSPS) is 11.6. The Kier molecular flexibility index (Phi) is 10.8. The first kappa shape index (κ1) is 17.4. The van der Waals surface area contributed by atoms with Crippen molar-refractivity contribution in [3.63, 3.8) is 0 Å². The number of nitrogens with zero attached hydrogens (tertiary/aromatic N) is 1. The van der Waals surface area contributed by atoms with E-state index in [2.05, 4.69) is 0 Å². The quantitative estimate of drug-likeness (QED) is 0.322. The van der Waals surface area contributed by atoms with Crippen molar-refractivity contribution in [3.05, 3.63) is 0 Å². The molecule has 0 aromatic carbocycles. The molecule has 15 heavy (non-hydrogen) atoms. The molecule has 6 nitrogen and oxygen atoms in total. The maximum Gasteiger partial charge on any atom is 0.0908 e. The summed E-state index contributed by atoms with van der Waals surface area (Å²) in [4.78, 5) is 1.47. The Labute approximate surface area is 95.2 Å². The number of hydrogen-bond acceptors (Lipinski definition) is 6. The summed E-state index contributed by atoms with van der Waals surface area (Å²) in [6, 6.07) is 0. The van der Waals surface area contributed by atoms with Crippen LogP contribution in [0, 0.1) is 0 Å². The third kappa shape index (κ3) is 4.60. The van der Waals surface area contributed by atoms with E-state index in [1.165, 1.54) is 4.90 Å². The van der Waals surface area contributed by atoms with Crippen molar-refractivity contribution >= 4 is 12.4 Å². The van der Waals surface area contributed by atoms with Crippen molar-refractivity contribution < 1.29 is 25.5 Å². The smallest absolute Gasteiger partial charge is 0.0908 e. The van der Waals surface area contributed by atoms with E-state index in [-0.39, 0.29) is 38.7 Å². The van der Waals surface area contributed by atoms with E-state index >= 15 is 0 Å². The van der Waals surface area contributed by atoms with Gasteiger partial charge < -0.3 is 25.5 Å². The molecule has 0 aromatic rings. The van der Waals surface area contributed by atoms with E-state index in [1.807, 2.05) is 0 Å². The average molecular weight is 246 g/mol. The molecule has 5 N–H and O–H groups in total. The lowest BCUT2D eigenvalue weighted by atomic mass is 10.0. The van der Waals surface area contributed by atoms with Crippen molar-refractivity contribution in [3.8, 4) is 0 Å². The van der Waals surface area contributed by atoms with Crippen LogP contribution in [0.3, 0.4) is 0 Å². The highest BCUT2D eigenvalue weighted by Crippen LogP contribution is 2.13. The summed E-state index contributed by atoms with van der Waals surface area (Å²) in [5.74, 6) is 0. The first-order chi connectivity index (χ1) is 6.70. The molecule has 0 amide bonds. The second-order valence-corrected chi connectivity index (χ2v) is 3.13. The Bertz CT molecular complexity index is 131. The van der Waals surface area contributed by atoms with Gasteiger partial charge in [-0.2, -0.15) is 0 Å². The molecule has 0 rings (SSSR count). The summed E-state index contributed by atoms with van der Waals surface area (Å²) in [5.41, 5.74) is -1.18. The summed E-state index contributed by atoms with van der Waals surface area (Å²) in [6.45, 7) is -1.26.